The number of esters is 2. The molecule has 0 saturated carbocycles. The minimum atomic E-state index is -4.70. The maximum atomic E-state index is 15.5. The van der Waals surface area contributed by atoms with E-state index in [1.54, 1.807) is 67.6 Å². The van der Waals surface area contributed by atoms with Gasteiger partial charge in [0.05, 0.1) is 4.90 Å². The van der Waals surface area contributed by atoms with Crippen molar-refractivity contribution in [1.29, 1.82) is 0 Å². The van der Waals surface area contributed by atoms with Gasteiger partial charge in [0, 0.05) is 12.2 Å². The Morgan fingerprint density at radius 2 is 1.39 bits per heavy atom. The first-order chi connectivity index (χ1) is 19.5. The van der Waals surface area contributed by atoms with Gasteiger partial charge in [-0.25, -0.2) is 13.8 Å². The Morgan fingerprint density at radius 3 is 1.95 bits per heavy atom. The van der Waals surface area contributed by atoms with Gasteiger partial charge in [0.2, 0.25) is 12.4 Å². The fourth-order valence-corrected chi connectivity index (χ4v) is 4.76. The fourth-order valence-electron chi connectivity index (χ4n) is 3.78. The standard InChI is InChI=1S/C30H26F2O8S/c1-21-12-16-24(17-13-21)41(35,36)40-29-30(31,32)28(39-27(34)19-15-23-10-6-3-7-11-23)25(38-29)20-37-26(33)18-14-22-8-4-2-5-9-22/h2-19,25,28-29H,20H2,1H3/b18-14+,19-15+/t25-,28-,29-/m1/s1. The average molecular weight is 585 g/mol. The lowest BCUT2D eigenvalue weighted by Crippen LogP contribution is -2.45. The summed E-state index contributed by atoms with van der Waals surface area (Å²) in [6, 6.07) is 22.7. The third-order valence-electron chi connectivity index (χ3n) is 5.91. The van der Waals surface area contributed by atoms with Crippen LogP contribution in [-0.4, -0.2) is 51.4 Å². The highest BCUT2D eigenvalue weighted by atomic mass is 32.2. The quantitative estimate of drug-likeness (QED) is 0.188. The van der Waals surface area contributed by atoms with E-state index in [0.717, 1.165) is 17.7 Å². The number of carbonyl (C=O) groups is 2. The second-order valence-corrected chi connectivity index (χ2v) is 10.6. The highest BCUT2D eigenvalue weighted by Gasteiger charge is 2.63. The lowest BCUT2D eigenvalue weighted by molar-refractivity contribution is -0.191. The molecule has 8 nitrogen and oxygen atoms in total. The molecule has 1 saturated heterocycles. The third-order valence-corrected chi connectivity index (χ3v) is 7.19. The zero-order valence-electron chi connectivity index (χ0n) is 21.8. The van der Waals surface area contributed by atoms with Crippen LogP contribution in [0.1, 0.15) is 16.7 Å². The molecule has 3 aromatic carbocycles. The first-order valence-corrected chi connectivity index (χ1v) is 13.8. The third kappa shape index (κ3) is 7.94. The molecule has 0 aliphatic carbocycles. The van der Waals surface area contributed by atoms with Gasteiger partial charge in [-0.1, -0.05) is 78.4 Å². The molecule has 0 unspecified atom stereocenters. The van der Waals surface area contributed by atoms with E-state index in [1.165, 1.54) is 36.4 Å². The number of aryl methyl sites for hydroxylation is 1. The van der Waals surface area contributed by atoms with Gasteiger partial charge in [-0.3, -0.25) is 0 Å². The average Bonchev–Trinajstić information content (AvgIpc) is 3.18. The maximum Gasteiger partial charge on any atom is 0.337 e. The smallest absolute Gasteiger partial charge is 0.337 e. The van der Waals surface area contributed by atoms with E-state index in [1.807, 2.05) is 0 Å². The van der Waals surface area contributed by atoms with Gasteiger partial charge in [0.15, 0.2) is 0 Å². The van der Waals surface area contributed by atoms with Crippen LogP contribution < -0.4 is 0 Å². The van der Waals surface area contributed by atoms with Crippen LogP contribution in [0.5, 0.6) is 0 Å². The van der Waals surface area contributed by atoms with Gasteiger partial charge in [-0.15, -0.1) is 0 Å². The number of ether oxygens (including phenoxy) is 3. The van der Waals surface area contributed by atoms with Crippen LogP contribution in [0.4, 0.5) is 8.78 Å². The molecule has 0 amide bonds. The van der Waals surface area contributed by atoms with Gasteiger partial charge in [0.1, 0.15) is 12.7 Å². The predicted molar refractivity (Wildman–Crippen MR) is 145 cm³/mol. The highest BCUT2D eigenvalue weighted by Crippen LogP contribution is 2.40. The number of rotatable bonds is 10. The van der Waals surface area contributed by atoms with Crippen LogP contribution in [0.25, 0.3) is 12.2 Å². The van der Waals surface area contributed by atoms with Gasteiger partial charge < -0.3 is 14.2 Å². The van der Waals surface area contributed by atoms with Crippen molar-refractivity contribution in [2.24, 2.45) is 0 Å². The largest absolute Gasteiger partial charge is 0.460 e. The summed E-state index contributed by atoms with van der Waals surface area (Å²) >= 11 is 0. The van der Waals surface area contributed by atoms with E-state index in [-0.39, 0.29) is 4.90 Å². The van der Waals surface area contributed by atoms with Crippen molar-refractivity contribution in [2.75, 3.05) is 6.61 Å². The zero-order valence-corrected chi connectivity index (χ0v) is 22.6. The molecule has 3 aromatic rings. The second kappa shape index (κ2) is 13.0. The number of hydrogen-bond donors (Lipinski definition) is 0. The Morgan fingerprint density at radius 1 is 0.854 bits per heavy atom. The van der Waals surface area contributed by atoms with Crippen LogP contribution in [0.3, 0.4) is 0 Å². The molecule has 0 spiro atoms. The molecule has 0 bridgehead atoms. The van der Waals surface area contributed by atoms with Gasteiger partial charge >= 0.3 is 17.9 Å². The van der Waals surface area contributed by atoms with Crippen molar-refractivity contribution in [3.8, 4) is 0 Å². The number of halogens is 2. The molecule has 4 rings (SSSR count). The zero-order chi connectivity index (χ0) is 29.5. The van der Waals surface area contributed by atoms with Crippen LogP contribution in [0.15, 0.2) is 102 Å². The Bertz CT molecular complexity index is 1510. The molecule has 1 fully saturated rings. The summed E-state index contributed by atoms with van der Waals surface area (Å²) in [6.07, 6.45) is -1.90. The SMILES string of the molecule is Cc1ccc(S(=O)(=O)O[C@H]2O[C@H](COC(=O)/C=C/c3ccccc3)[C@@H](OC(=O)/C=C/c3ccccc3)C2(F)F)cc1. The first kappa shape index (κ1) is 29.8. The number of carbonyl (C=O) groups excluding carboxylic acids is 2. The summed E-state index contributed by atoms with van der Waals surface area (Å²) < 4.78 is 76.4. The Hall–Kier alpha value is -4.19. The number of hydrogen-bond acceptors (Lipinski definition) is 8. The van der Waals surface area contributed by atoms with Gasteiger partial charge in [-0.2, -0.15) is 17.2 Å². The van der Waals surface area contributed by atoms with Gasteiger partial charge in [-0.05, 0) is 42.3 Å². The number of benzene rings is 3. The number of alkyl halides is 2. The van der Waals surface area contributed by atoms with Crippen molar-refractivity contribution in [2.45, 2.75) is 36.2 Å². The van der Waals surface area contributed by atoms with E-state index in [9.17, 15) is 18.0 Å². The fraction of sp³-hybridized carbons (Fsp3) is 0.200. The van der Waals surface area contributed by atoms with E-state index in [0.29, 0.717) is 11.1 Å². The molecule has 0 aromatic heterocycles. The van der Waals surface area contributed by atoms with Crippen LogP contribution in [-0.2, 0) is 38.1 Å². The second-order valence-electron chi connectivity index (χ2n) is 9.02. The van der Waals surface area contributed by atoms with Gasteiger partial charge in [0.25, 0.3) is 10.1 Å². The van der Waals surface area contributed by atoms with Crippen LogP contribution >= 0.6 is 0 Å². The summed E-state index contributed by atoms with van der Waals surface area (Å²) in [4.78, 5) is 24.3. The predicted octanol–water partition coefficient (Wildman–Crippen LogP) is 4.94. The van der Waals surface area contributed by atoms with Crippen LogP contribution in [0.2, 0.25) is 0 Å². The maximum absolute atomic E-state index is 15.5. The van der Waals surface area contributed by atoms with E-state index >= 15 is 8.78 Å². The summed E-state index contributed by atoms with van der Waals surface area (Å²) in [5.41, 5.74) is 2.05. The molecule has 1 aliphatic heterocycles. The molecule has 0 N–H and O–H groups in total. The minimum Gasteiger partial charge on any atom is -0.460 e. The van der Waals surface area contributed by atoms with Crippen molar-refractivity contribution < 1.29 is 45.2 Å². The summed E-state index contributed by atoms with van der Waals surface area (Å²) in [5, 5.41) is 0. The van der Waals surface area contributed by atoms with Crippen molar-refractivity contribution in [3.05, 3.63) is 114 Å². The molecule has 0 radical (unpaired) electrons. The topological polar surface area (TPSA) is 105 Å². The lowest BCUT2D eigenvalue weighted by atomic mass is 10.1. The Kier molecular flexibility index (Phi) is 9.43. The molecule has 3 atom stereocenters. The Balaban J connectivity index is 1.51. The van der Waals surface area contributed by atoms with Crippen LogP contribution in [0, 0.1) is 6.92 Å². The molecule has 214 valence electrons. The Labute approximate surface area is 235 Å². The molecule has 1 heterocycles. The summed E-state index contributed by atoms with van der Waals surface area (Å²) in [7, 11) is -4.70. The van der Waals surface area contributed by atoms with Crippen molar-refractivity contribution in [3.63, 3.8) is 0 Å². The van der Waals surface area contributed by atoms with E-state index in [4.69, 9.17) is 18.4 Å². The lowest BCUT2D eigenvalue weighted by Gasteiger charge is -2.22. The molecular formula is C30H26F2O8S. The molecule has 1 aliphatic rings. The van der Waals surface area contributed by atoms with E-state index < -0.39 is 53.1 Å². The van der Waals surface area contributed by atoms with Crippen molar-refractivity contribution >= 4 is 34.2 Å². The molecule has 41 heavy (non-hydrogen) atoms. The van der Waals surface area contributed by atoms with Crippen molar-refractivity contribution in [1.82, 2.24) is 0 Å². The molecule has 11 heteroatoms. The monoisotopic (exact) mass is 584 g/mol. The summed E-state index contributed by atoms with van der Waals surface area (Å²) in [6.45, 7) is 0.940. The molecular weight excluding hydrogens is 558 g/mol. The van der Waals surface area contributed by atoms with E-state index in [2.05, 4.69) is 0 Å². The minimum absolute atomic E-state index is 0.372. The normalized spacial score (nSPS) is 20.3. The summed E-state index contributed by atoms with van der Waals surface area (Å²) in [5.74, 6) is -6.17. The first-order valence-electron chi connectivity index (χ1n) is 12.4. The highest BCUT2D eigenvalue weighted by molar-refractivity contribution is 7.86.